The molecule has 0 spiro atoms. The Morgan fingerprint density at radius 1 is 1.29 bits per heavy atom. The summed E-state index contributed by atoms with van der Waals surface area (Å²) in [5, 5.41) is 10.9. The van der Waals surface area contributed by atoms with E-state index in [9.17, 15) is 18.7 Å². The number of hydrogen-bond donors (Lipinski definition) is 2. The number of rotatable bonds is 8. The zero-order chi connectivity index (χ0) is 27.2. The summed E-state index contributed by atoms with van der Waals surface area (Å²) in [6.45, 7) is 1.63. The minimum absolute atomic E-state index is 0.0101. The molecule has 0 radical (unpaired) electrons. The minimum atomic E-state index is -0.852. The van der Waals surface area contributed by atoms with Crippen molar-refractivity contribution in [2.45, 2.75) is 31.7 Å². The Kier molecular flexibility index (Phi) is 9.16. The van der Waals surface area contributed by atoms with Gasteiger partial charge >= 0.3 is 5.97 Å². The molecule has 1 saturated heterocycles. The van der Waals surface area contributed by atoms with Gasteiger partial charge in [-0.25, -0.2) is 8.78 Å². The lowest BCUT2D eigenvalue weighted by Crippen LogP contribution is -2.41. The van der Waals surface area contributed by atoms with Crippen LogP contribution in [0, 0.1) is 35.3 Å². The molecule has 1 aliphatic rings. The van der Waals surface area contributed by atoms with Crippen LogP contribution in [0.25, 0.3) is 10.9 Å². The Morgan fingerprint density at radius 2 is 2.11 bits per heavy atom. The molecule has 2 heterocycles. The van der Waals surface area contributed by atoms with Gasteiger partial charge in [0.1, 0.15) is 17.4 Å². The van der Waals surface area contributed by atoms with Gasteiger partial charge in [-0.15, -0.1) is 0 Å². The van der Waals surface area contributed by atoms with Crippen molar-refractivity contribution in [1.29, 1.82) is 0 Å². The number of likely N-dealkylation sites (tertiary alicyclic amines) is 1. The number of methoxy groups -OCH3 is 1. The topological polar surface area (TPSA) is 88.7 Å². The first-order chi connectivity index (χ1) is 18.2. The molecular weight excluding hydrogens is 512 g/mol. The fourth-order valence-corrected chi connectivity index (χ4v) is 5.48. The first-order valence-corrected chi connectivity index (χ1v) is 12.9. The van der Waals surface area contributed by atoms with Gasteiger partial charge in [-0.05, 0) is 79.6 Å². The maximum Gasteiger partial charge on any atom is 0.303 e. The Balaban J connectivity index is 1.42. The number of aliphatic carboxylic acids is 1. The predicted molar refractivity (Wildman–Crippen MR) is 143 cm³/mol. The highest BCUT2D eigenvalue weighted by Gasteiger charge is 2.31. The molecule has 0 aliphatic carbocycles. The molecule has 2 aromatic carbocycles. The number of hydrogen-bond acceptors (Lipinski definition) is 5. The third-order valence-electron chi connectivity index (χ3n) is 7.15. The number of aromatic nitrogens is 1. The number of piperidine rings is 1. The van der Waals surface area contributed by atoms with Crippen LogP contribution in [-0.2, 0) is 4.79 Å². The zero-order valence-corrected chi connectivity index (χ0v) is 21.8. The highest BCUT2D eigenvalue weighted by atomic mass is 35.5. The van der Waals surface area contributed by atoms with Crippen molar-refractivity contribution >= 4 is 28.5 Å². The van der Waals surface area contributed by atoms with Gasteiger partial charge in [0, 0.05) is 30.6 Å². The smallest absolute Gasteiger partial charge is 0.303 e. The number of carboxylic acid groups (broad SMARTS) is 1. The van der Waals surface area contributed by atoms with E-state index in [-0.39, 0.29) is 29.9 Å². The minimum Gasteiger partial charge on any atom is -0.497 e. The van der Waals surface area contributed by atoms with Crippen molar-refractivity contribution in [3.8, 4) is 17.6 Å². The molecule has 38 heavy (non-hydrogen) atoms. The molecule has 0 amide bonds. The highest BCUT2D eigenvalue weighted by molar-refractivity contribution is 6.32. The predicted octanol–water partition coefficient (Wildman–Crippen LogP) is 5.42. The van der Waals surface area contributed by atoms with Crippen molar-refractivity contribution in [2.75, 3.05) is 26.7 Å². The van der Waals surface area contributed by atoms with Crippen LogP contribution in [0.3, 0.4) is 0 Å². The second-order valence-corrected chi connectivity index (χ2v) is 10.1. The van der Waals surface area contributed by atoms with E-state index in [1.165, 1.54) is 0 Å². The van der Waals surface area contributed by atoms with E-state index in [1.807, 2.05) is 18.2 Å². The Bertz CT molecular complexity index is 1370. The maximum absolute atomic E-state index is 13.8. The van der Waals surface area contributed by atoms with Crippen LogP contribution >= 0.6 is 11.6 Å². The lowest BCUT2D eigenvalue weighted by atomic mass is 9.79. The third kappa shape index (κ3) is 6.79. The summed E-state index contributed by atoms with van der Waals surface area (Å²) in [5.74, 6) is 4.40. The van der Waals surface area contributed by atoms with Gasteiger partial charge < -0.3 is 15.6 Å². The van der Waals surface area contributed by atoms with Crippen LogP contribution < -0.4 is 10.5 Å². The second-order valence-electron chi connectivity index (χ2n) is 9.65. The fourth-order valence-electron chi connectivity index (χ4n) is 5.18. The van der Waals surface area contributed by atoms with Crippen LogP contribution in [0.2, 0.25) is 5.02 Å². The van der Waals surface area contributed by atoms with Crippen molar-refractivity contribution in [2.24, 2.45) is 17.6 Å². The van der Waals surface area contributed by atoms with Gasteiger partial charge in [-0.2, -0.15) is 0 Å². The van der Waals surface area contributed by atoms with Crippen molar-refractivity contribution in [1.82, 2.24) is 9.88 Å². The van der Waals surface area contributed by atoms with E-state index in [0.29, 0.717) is 30.3 Å². The number of carboxylic acids is 1. The van der Waals surface area contributed by atoms with Gasteiger partial charge in [-0.1, -0.05) is 23.4 Å². The van der Waals surface area contributed by atoms with Gasteiger partial charge in [0.15, 0.2) is 0 Å². The van der Waals surface area contributed by atoms with Gasteiger partial charge in [0.2, 0.25) is 0 Å². The molecular formula is C29H30ClF2N3O3. The molecule has 0 saturated carbocycles. The number of nitrogens with two attached hydrogens (primary N) is 1. The molecule has 1 aromatic heterocycles. The first-order valence-electron chi connectivity index (χ1n) is 12.5. The van der Waals surface area contributed by atoms with Crippen LogP contribution in [0.4, 0.5) is 8.78 Å². The van der Waals surface area contributed by atoms with Crippen molar-refractivity contribution in [3.63, 3.8) is 0 Å². The van der Waals surface area contributed by atoms with E-state index in [0.717, 1.165) is 54.1 Å². The van der Waals surface area contributed by atoms with E-state index in [1.54, 1.807) is 13.3 Å². The third-order valence-corrected chi connectivity index (χ3v) is 7.46. The number of benzene rings is 2. The summed E-state index contributed by atoms with van der Waals surface area (Å²) in [5.41, 5.74) is 8.23. The number of nitrogens with zero attached hydrogens (tertiary/aromatic N) is 2. The molecule has 9 heteroatoms. The van der Waals surface area contributed by atoms with Gasteiger partial charge in [0.25, 0.3) is 0 Å². The summed E-state index contributed by atoms with van der Waals surface area (Å²) in [6, 6.07) is 8.40. The van der Waals surface area contributed by atoms with Crippen LogP contribution in [-0.4, -0.2) is 47.7 Å². The average molecular weight is 542 g/mol. The summed E-state index contributed by atoms with van der Waals surface area (Å²) < 4.78 is 32.6. The van der Waals surface area contributed by atoms with Crippen LogP contribution in [0.15, 0.2) is 42.6 Å². The molecule has 0 bridgehead atoms. The highest BCUT2D eigenvalue weighted by Crippen LogP contribution is 2.36. The molecule has 1 fully saturated rings. The monoisotopic (exact) mass is 541 g/mol. The SMILES string of the molecule is COc1ccc2ncc(Cl)c([C@@H](N)CC[C@@H]3CCN(CC#Cc4cc(F)ccc4F)C[C@@H]3CC(=O)O)c2c1. The van der Waals surface area contributed by atoms with Crippen molar-refractivity contribution < 1.29 is 23.4 Å². The molecule has 3 aromatic rings. The molecule has 3 N–H and O–H groups in total. The number of ether oxygens (including phenoxy) is 1. The summed E-state index contributed by atoms with van der Waals surface area (Å²) in [4.78, 5) is 18.1. The van der Waals surface area contributed by atoms with Crippen molar-refractivity contribution in [3.05, 3.63) is 70.4 Å². The summed E-state index contributed by atoms with van der Waals surface area (Å²) >= 11 is 6.52. The van der Waals surface area contributed by atoms with E-state index in [2.05, 4.69) is 21.7 Å². The standard InChI is InChI=1S/C29H30ClF2N3O3/c1-38-22-6-9-27-23(15-22)29(24(30)16-34-27)26(33)8-4-18-10-12-35(17-20(18)14-28(36)37)11-2-3-19-13-21(31)5-7-25(19)32/h5-7,9,13,15-16,18,20,26H,4,8,10-12,14,17,33H2,1H3,(H,36,37)/t18-,20+,26+/m1/s1. The van der Waals surface area contributed by atoms with E-state index in [4.69, 9.17) is 22.1 Å². The Labute approximate surface area is 225 Å². The summed E-state index contributed by atoms with van der Waals surface area (Å²) in [7, 11) is 1.60. The largest absolute Gasteiger partial charge is 0.497 e. The van der Waals surface area contributed by atoms with Gasteiger partial charge in [0.05, 0.1) is 29.8 Å². The molecule has 4 rings (SSSR count). The lowest BCUT2D eigenvalue weighted by Gasteiger charge is -2.37. The lowest BCUT2D eigenvalue weighted by molar-refractivity contribution is -0.139. The first kappa shape index (κ1) is 27.8. The summed E-state index contributed by atoms with van der Waals surface area (Å²) in [6.07, 6.45) is 3.82. The normalized spacial score (nSPS) is 18.6. The average Bonchev–Trinajstić information content (AvgIpc) is 2.89. The van der Waals surface area contributed by atoms with Crippen LogP contribution in [0.1, 0.15) is 42.9 Å². The fraction of sp³-hybridized carbons (Fsp3) is 0.379. The Hall–Kier alpha value is -3.25. The number of carbonyl (C=O) groups is 1. The number of halogens is 3. The number of pyridine rings is 1. The van der Waals surface area contributed by atoms with E-state index >= 15 is 0 Å². The van der Waals surface area contributed by atoms with E-state index < -0.39 is 17.6 Å². The quantitative estimate of drug-likeness (QED) is 0.370. The molecule has 1 aliphatic heterocycles. The molecule has 3 atom stereocenters. The number of fused-ring (bicyclic) bond motifs is 1. The molecule has 6 nitrogen and oxygen atoms in total. The second kappa shape index (κ2) is 12.5. The van der Waals surface area contributed by atoms with Crippen LogP contribution in [0.5, 0.6) is 5.75 Å². The Morgan fingerprint density at radius 3 is 2.87 bits per heavy atom. The zero-order valence-electron chi connectivity index (χ0n) is 21.1. The maximum atomic E-state index is 13.8. The molecule has 0 unspecified atom stereocenters. The van der Waals surface area contributed by atoms with Gasteiger partial charge in [-0.3, -0.25) is 14.7 Å². The molecule has 200 valence electrons.